The van der Waals surface area contributed by atoms with E-state index in [0.717, 1.165) is 11.3 Å². The zero-order chi connectivity index (χ0) is 13.5. The van der Waals surface area contributed by atoms with Crippen LogP contribution in [-0.4, -0.2) is 7.11 Å². The molecule has 0 aliphatic rings. The second-order valence-electron chi connectivity index (χ2n) is 4.29. The summed E-state index contributed by atoms with van der Waals surface area (Å²) < 4.78 is 7.14. The van der Waals surface area contributed by atoms with Crippen molar-refractivity contribution in [2.24, 2.45) is 7.05 Å². The number of aromatic nitrogens is 1. The Hall–Kier alpha value is -2.35. The number of hydrogen-bond acceptors (Lipinski definition) is 1. The van der Waals surface area contributed by atoms with Crippen LogP contribution in [0.5, 0.6) is 5.75 Å². The van der Waals surface area contributed by atoms with Crippen LogP contribution >= 0.6 is 0 Å². The number of pyridine rings is 1. The summed E-state index contributed by atoms with van der Waals surface area (Å²) in [5.41, 5.74) is 2.35. The number of hydrogen-bond donors (Lipinski definition) is 0. The van der Waals surface area contributed by atoms with Gasteiger partial charge in [0.1, 0.15) is 12.8 Å². The molecule has 0 bridgehead atoms. The van der Waals surface area contributed by atoms with Gasteiger partial charge in [-0.15, -0.1) is 0 Å². The maximum atomic E-state index is 5.12. The van der Waals surface area contributed by atoms with E-state index in [1.165, 1.54) is 5.56 Å². The lowest BCUT2D eigenvalue weighted by atomic mass is 10.2. The largest absolute Gasteiger partial charge is 0.497 e. The highest BCUT2D eigenvalue weighted by Crippen LogP contribution is 2.12. The number of nitrogens with zero attached hydrogens (tertiary/aromatic N) is 1. The Balaban J connectivity index is 1.96. The fraction of sp³-hybridized carbons (Fsp3) is 0.118. The first-order valence-electron chi connectivity index (χ1n) is 6.22. The van der Waals surface area contributed by atoms with Crippen LogP contribution < -0.4 is 9.30 Å². The minimum Gasteiger partial charge on any atom is -0.497 e. The molecule has 0 saturated heterocycles. The van der Waals surface area contributed by atoms with Crippen molar-refractivity contribution in [3.05, 3.63) is 72.1 Å². The molecule has 1 heterocycles. The van der Waals surface area contributed by atoms with Crippen LogP contribution in [0.1, 0.15) is 11.1 Å². The predicted molar refractivity (Wildman–Crippen MR) is 78.7 cm³/mol. The lowest BCUT2D eigenvalue weighted by Crippen LogP contribution is -2.25. The number of allylic oxidation sites excluding steroid dienone is 2. The number of benzene rings is 1. The minimum absolute atomic E-state index is 0.879. The molecule has 0 atom stereocenters. The van der Waals surface area contributed by atoms with E-state index in [0.29, 0.717) is 0 Å². The van der Waals surface area contributed by atoms with Gasteiger partial charge in [-0.25, -0.2) is 4.57 Å². The summed E-state index contributed by atoms with van der Waals surface area (Å²) >= 11 is 0. The number of ether oxygens (including phenoxy) is 1. The Bertz CT molecular complexity index is 565. The van der Waals surface area contributed by atoms with Crippen molar-refractivity contribution in [2.75, 3.05) is 7.11 Å². The maximum absolute atomic E-state index is 5.12. The van der Waals surface area contributed by atoms with Crippen molar-refractivity contribution in [1.82, 2.24) is 0 Å². The summed E-state index contributed by atoms with van der Waals surface area (Å²) in [4.78, 5) is 0. The first-order valence-corrected chi connectivity index (χ1v) is 6.22. The second-order valence-corrected chi connectivity index (χ2v) is 4.29. The van der Waals surface area contributed by atoms with Crippen LogP contribution in [0.3, 0.4) is 0 Å². The van der Waals surface area contributed by atoms with E-state index in [1.54, 1.807) is 7.11 Å². The van der Waals surface area contributed by atoms with E-state index in [-0.39, 0.29) is 0 Å². The molecule has 2 rings (SSSR count). The van der Waals surface area contributed by atoms with Gasteiger partial charge in [0.25, 0.3) is 0 Å². The number of methoxy groups -OCH3 is 1. The molecule has 0 N–H and O–H groups in total. The van der Waals surface area contributed by atoms with Gasteiger partial charge in [0, 0.05) is 12.1 Å². The van der Waals surface area contributed by atoms with Gasteiger partial charge < -0.3 is 4.74 Å². The normalized spacial score (nSPS) is 11.3. The standard InChI is InChI=1S/C17H18NO/c1-18-13-11-16(12-14-18)6-4-3-5-15-7-9-17(19-2)10-8-15/h3-14H,1-2H3/q+1/b5-3+,6-4+. The molecule has 96 valence electrons. The van der Waals surface area contributed by atoms with Crippen molar-refractivity contribution < 1.29 is 9.30 Å². The molecule has 2 heteroatoms. The third kappa shape index (κ3) is 4.11. The van der Waals surface area contributed by atoms with Gasteiger partial charge in [-0.1, -0.05) is 36.4 Å². The van der Waals surface area contributed by atoms with E-state index in [1.807, 2.05) is 60.4 Å². The van der Waals surface area contributed by atoms with Crippen molar-refractivity contribution >= 4 is 12.2 Å². The van der Waals surface area contributed by atoms with Gasteiger partial charge in [0.15, 0.2) is 12.4 Å². The highest BCUT2D eigenvalue weighted by molar-refractivity contribution is 5.57. The third-order valence-electron chi connectivity index (χ3n) is 2.81. The van der Waals surface area contributed by atoms with E-state index in [4.69, 9.17) is 4.74 Å². The second kappa shape index (κ2) is 6.55. The Labute approximate surface area is 114 Å². The fourth-order valence-electron chi connectivity index (χ4n) is 1.67. The fourth-order valence-corrected chi connectivity index (χ4v) is 1.67. The van der Waals surface area contributed by atoms with Gasteiger partial charge in [-0.2, -0.15) is 0 Å². The van der Waals surface area contributed by atoms with E-state index >= 15 is 0 Å². The Morgan fingerprint density at radius 1 is 0.842 bits per heavy atom. The van der Waals surface area contributed by atoms with Crippen molar-refractivity contribution in [1.29, 1.82) is 0 Å². The van der Waals surface area contributed by atoms with E-state index in [2.05, 4.69) is 24.3 Å². The highest BCUT2D eigenvalue weighted by atomic mass is 16.5. The highest BCUT2D eigenvalue weighted by Gasteiger charge is 1.90. The average Bonchev–Trinajstić information content (AvgIpc) is 2.46. The molecule has 2 aromatic rings. The van der Waals surface area contributed by atoms with Gasteiger partial charge >= 0.3 is 0 Å². The molecule has 1 aromatic carbocycles. The summed E-state index contributed by atoms with van der Waals surface area (Å²) in [6.45, 7) is 0. The first-order chi connectivity index (χ1) is 9.28. The first kappa shape index (κ1) is 13.1. The average molecular weight is 252 g/mol. The monoisotopic (exact) mass is 252 g/mol. The lowest BCUT2D eigenvalue weighted by molar-refractivity contribution is -0.671. The minimum atomic E-state index is 0.879. The third-order valence-corrected chi connectivity index (χ3v) is 2.81. The van der Waals surface area contributed by atoms with Crippen LogP contribution in [0.15, 0.2) is 60.9 Å². The molecular formula is C17H18NO+. The zero-order valence-electron chi connectivity index (χ0n) is 11.3. The molecule has 0 amide bonds. The van der Waals surface area contributed by atoms with Crippen LogP contribution in [-0.2, 0) is 7.05 Å². The molecule has 19 heavy (non-hydrogen) atoms. The predicted octanol–water partition coefficient (Wildman–Crippen LogP) is 3.25. The summed E-state index contributed by atoms with van der Waals surface area (Å²) in [7, 11) is 3.69. The Morgan fingerprint density at radius 2 is 1.37 bits per heavy atom. The number of rotatable bonds is 4. The molecule has 0 saturated carbocycles. The van der Waals surface area contributed by atoms with Crippen LogP contribution in [0, 0.1) is 0 Å². The van der Waals surface area contributed by atoms with E-state index < -0.39 is 0 Å². The van der Waals surface area contributed by atoms with Crippen LogP contribution in [0.25, 0.3) is 12.2 Å². The maximum Gasteiger partial charge on any atom is 0.169 e. The quantitative estimate of drug-likeness (QED) is 0.601. The van der Waals surface area contributed by atoms with Gasteiger partial charge in [-0.05, 0) is 23.3 Å². The van der Waals surface area contributed by atoms with Gasteiger partial charge in [-0.3, -0.25) is 0 Å². The Kier molecular flexibility index (Phi) is 4.51. The SMILES string of the molecule is COc1ccc(/C=C/C=C/c2cc[n+](C)cc2)cc1. The van der Waals surface area contributed by atoms with E-state index in [9.17, 15) is 0 Å². The summed E-state index contributed by atoms with van der Waals surface area (Å²) in [6.07, 6.45) is 12.3. The van der Waals surface area contributed by atoms with Crippen molar-refractivity contribution in [3.63, 3.8) is 0 Å². The summed E-state index contributed by atoms with van der Waals surface area (Å²) in [6, 6.07) is 12.1. The van der Waals surface area contributed by atoms with Gasteiger partial charge in [0.05, 0.1) is 7.11 Å². The molecule has 0 unspecified atom stereocenters. The molecule has 0 radical (unpaired) electrons. The molecular weight excluding hydrogens is 234 g/mol. The molecule has 0 aliphatic heterocycles. The smallest absolute Gasteiger partial charge is 0.169 e. The summed E-state index contributed by atoms with van der Waals surface area (Å²) in [5.74, 6) is 0.879. The summed E-state index contributed by atoms with van der Waals surface area (Å²) in [5, 5.41) is 0. The molecule has 0 aliphatic carbocycles. The number of aryl methyl sites for hydroxylation is 1. The molecule has 1 aromatic heterocycles. The Morgan fingerprint density at radius 3 is 1.89 bits per heavy atom. The lowest BCUT2D eigenvalue weighted by Gasteiger charge is -1.98. The topological polar surface area (TPSA) is 13.1 Å². The van der Waals surface area contributed by atoms with Crippen molar-refractivity contribution in [2.45, 2.75) is 0 Å². The zero-order valence-corrected chi connectivity index (χ0v) is 11.3. The van der Waals surface area contributed by atoms with Crippen molar-refractivity contribution in [3.8, 4) is 5.75 Å². The molecule has 2 nitrogen and oxygen atoms in total. The van der Waals surface area contributed by atoms with Crippen LogP contribution in [0.2, 0.25) is 0 Å². The molecule has 0 fully saturated rings. The molecule has 0 spiro atoms. The van der Waals surface area contributed by atoms with Gasteiger partial charge in [0.2, 0.25) is 0 Å². The van der Waals surface area contributed by atoms with Crippen LogP contribution in [0.4, 0.5) is 0 Å².